The van der Waals surface area contributed by atoms with Crippen molar-refractivity contribution in [1.82, 2.24) is 0 Å². The van der Waals surface area contributed by atoms with Crippen molar-refractivity contribution in [3.8, 4) is 11.5 Å². The van der Waals surface area contributed by atoms with Gasteiger partial charge in [0, 0.05) is 4.47 Å². The Morgan fingerprint density at radius 3 is 2.58 bits per heavy atom. The van der Waals surface area contributed by atoms with E-state index in [-0.39, 0.29) is 11.6 Å². The molecule has 0 saturated heterocycles. The van der Waals surface area contributed by atoms with Gasteiger partial charge in [-0.15, -0.1) is 0 Å². The van der Waals surface area contributed by atoms with E-state index in [1.807, 2.05) is 37.3 Å². The lowest BCUT2D eigenvalue weighted by Crippen LogP contribution is -2.10. The average molecular weight is 618 g/mol. The van der Waals surface area contributed by atoms with Crippen LogP contribution in [-0.4, -0.2) is 24.4 Å². The third-order valence-electron chi connectivity index (χ3n) is 4.56. The van der Waals surface area contributed by atoms with Crippen molar-refractivity contribution in [3.05, 3.63) is 97.2 Å². The molecular formula is C25H17BrINO5. The predicted molar refractivity (Wildman–Crippen MR) is 136 cm³/mol. The lowest BCUT2D eigenvalue weighted by Gasteiger charge is -2.13. The van der Waals surface area contributed by atoms with Gasteiger partial charge in [-0.05, 0) is 93.5 Å². The van der Waals surface area contributed by atoms with Crippen molar-refractivity contribution in [1.29, 1.82) is 0 Å². The minimum absolute atomic E-state index is 0.160. The molecule has 0 aromatic heterocycles. The maximum atomic E-state index is 12.6. The second kappa shape index (κ2) is 10.3. The third-order valence-corrected chi connectivity index (χ3v) is 6.06. The zero-order chi connectivity index (χ0) is 23.4. The first-order valence-corrected chi connectivity index (χ1v) is 11.8. The van der Waals surface area contributed by atoms with Crippen LogP contribution < -0.4 is 9.47 Å². The van der Waals surface area contributed by atoms with Gasteiger partial charge in [-0.3, -0.25) is 0 Å². The van der Waals surface area contributed by atoms with Gasteiger partial charge in [-0.25, -0.2) is 14.6 Å². The molecule has 1 heterocycles. The summed E-state index contributed by atoms with van der Waals surface area (Å²) in [5.74, 6) is -0.0930. The van der Waals surface area contributed by atoms with Gasteiger partial charge in [0.1, 0.15) is 0 Å². The van der Waals surface area contributed by atoms with E-state index in [0.717, 1.165) is 4.47 Å². The second-order valence-electron chi connectivity index (χ2n) is 6.83. The van der Waals surface area contributed by atoms with Crippen LogP contribution in [0.4, 0.5) is 0 Å². The first-order chi connectivity index (χ1) is 16.0. The standard InChI is InChI=1S/C25H17BrINO5/c1-2-31-21-14-15(12-19(27)22(21)32-24(29)16-8-4-3-5-9-16)13-20-25(30)33-23(28-20)17-10-6-7-11-18(17)26/h3-14H,2H2,1H3/b20-13-. The van der Waals surface area contributed by atoms with E-state index >= 15 is 0 Å². The number of rotatable bonds is 6. The third kappa shape index (κ3) is 5.33. The second-order valence-corrected chi connectivity index (χ2v) is 8.85. The van der Waals surface area contributed by atoms with Crippen LogP contribution in [0.25, 0.3) is 6.08 Å². The van der Waals surface area contributed by atoms with Crippen LogP contribution in [0.1, 0.15) is 28.4 Å². The van der Waals surface area contributed by atoms with E-state index in [4.69, 9.17) is 14.2 Å². The summed E-state index contributed by atoms with van der Waals surface area (Å²) in [6.07, 6.45) is 1.61. The van der Waals surface area contributed by atoms with E-state index < -0.39 is 11.9 Å². The smallest absolute Gasteiger partial charge is 0.363 e. The van der Waals surface area contributed by atoms with Gasteiger partial charge in [0.15, 0.2) is 17.2 Å². The number of esters is 2. The average Bonchev–Trinajstić information content (AvgIpc) is 3.17. The molecule has 0 fully saturated rings. The fraction of sp³-hybridized carbons (Fsp3) is 0.0800. The van der Waals surface area contributed by atoms with Gasteiger partial charge >= 0.3 is 11.9 Å². The van der Waals surface area contributed by atoms with Crippen LogP contribution >= 0.6 is 38.5 Å². The van der Waals surface area contributed by atoms with Crippen molar-refractivity contribution < 1.29 is 23.8 Å². The fourth-order valence-corrected chi connectivity index (χ4v) is 4.27. The minimum Gasteiger partial charge on any atom is -0.490 e. The summed E-state index contributed by atoms with van der Waals surface area (Å²) < 4.78 is 18.1. The number of aliphatic imine (C=N–C) groups is 1. The Morgan fingerprint density at radius 2 is 1.85 bits per heavy atom. The number of cyclic esters (lactones) is 1. The Hall–Kier alpha value is -2.98. The molecule has 3 aromatic carbocycles. The number of carbonyl (C=O) groups is 2. The largest absolute Gasteiger partial charge is 0.490 e. The zero-order valence-electron chi connectivity index (χ0n) is 17.4. The van der Waals surface area contributed by atoms with Gasteiger partial charge in [-0.2, -0.15) is 0 Å². The Balaban J connectivity index is 1.66. The molecule has 0 bridgehead atoms. The van der Waals surface area contributed by atoms with Gasteiger partial charge in [0.2, 0.25) is 5.90 Å². The molecule has 0 radical (unpaired) electrons. The Labute approximate surface area is 212 Å². The molecule has 3 aromatic rings. The highest BCUT2D eigenvalue weighted by molar-refractivity contribution is 14.1. The Bertz CT molecular complexity index is 1290. The molecule has 0 amide bonds. The van der Waals surface area contributed by atoms with Crippen LogP contribution in [0.5, 0.6) is 11.5 Å². The SMILES string of the molecule is CCOc1cc(/C=C2\N=C(c3ccccc3Br)OC2=O)cc(I)c1OC(=O)c1ccccc1. The highest BCUT2D eigenvalue weighted by Crippen LogP contribution is 2.36. The Morgan fingerprint density at radius 1 is 1.12 bits per heavy atom. The van der Waals surface area contributed by atoms with Crippen molar-refractivity contribution >= 4 is 62.4 Å². The number of ether oxygens (including phenoxy) is 3. The lowest BCUT2D eigenvalue weighted by molar-refractivity contribution is -0.129. The van der Waals surface area contributed by atoms with E-state index in [9.17, 15) is 9.59 Å². The Kier molecular flexibility index (Phi) is 7.24. The monoisotopic (exact) mass is 617 g/mol. The zero-order valence-corrected chi connectivity index (χ0v) is 21.1. The molecule has 33 heavy (non-hydrogen) atoms. The van der Waals surface area contributed by atoms with E-state index in [1.54, 1.807) is 42.5 Å². The number of hydrogen-bond donors (Lipinski definition) is 0. The molecule has 166 valence electrons. The maximum Gasteiger partial charge on any atom is 0.363 e. The van der Waals surface area contributed by atoms with E-state index in [2.05, 4.69) is 43.5 Å². The summed E-state index contributed by atoms with van der Waals surface area (Å²) in [7, 11) is 0. The normalized spacial score (nSPS) is 14.1. The number of nitrogens with zero attached hydrogens (tertiary/aromatic N) is 1. The summed E-state index contributed by atoms with van der Waals surface area (Å²) in [6.45, 7) is 2.21. The summed E-state index contributed by atoms with van der Waals surface area (Å²) in [6, 6.07) is 19.6. The minimum atomic E-state index is -0.548. The molecule has 1 aliphatic heterocycles. The lowest BCUT2D eigenvalue weighted by atomic mass is 10.1. The summed E-state index contributed by atoms with van der Waals surface area (Å²) in [5.41, 5.74) is 1.94. The fourth-order valence-electron chi connectivity index (χ4n) is 3.08. The van der Waals surface area contributed by atoms with Gasteiger partial charge in [-0.1, -0.05) is 30.3 Å². The summed E-state index contributed by atoms with van der Waals surface area (Å²) in [5, 5.41) is 0. The molecule has 0 spiro atoms. The van der Waals surface area contributed by atoms with Gasteiger partial charge in [0.05, 0.1) is 21.3 Å². The molecule has 1 aliphatic rings. The molecule has 0 unspecified atom stereocenters. The first-order valence-electron chi connectivity index (χ1n) is 9.97. The van der Waals surface area contributed by atoms with Crippen molar-refractivity contribution in [2.24, 2.45) is 4.99 Å². The highest BCUT2D eigenvalue weighted by atomic mass is 127. The predicted octanol–water partition coefficient (Wildman–Crippen LogP) is 6.02. The van der Waals surface area contributed by atoms with E-state index in [1.165, 1.54) is 0 Å². The molecule has 6 nitrogen and oxygen atoms in total. The van der Waals surface area contributed by atoms with Crippen LogP contribution in [0.15, 0.2) is 81.9 Å². The maximum absolute atomic E-state index is 12.6. The summed E-state index contributed by atoms with van der Waals surface area (Å²) in [4.78, 5) is 29.3. The molecule has 0 aliphatic carbocycles. The van der Waals surface area contributed by atoms with Crippen LogP contribution in [-0.2, 0) is 9.53 Å². The molecule has 8 heteroatoms. The van der Waals surface area contributed by atoms with Crippen LogP contribution in [0.2, 0.25) is 0 Å². The molecule has 0 saturated carbocycles. The van der Waals surface area contributed by atoms with Crippen LogP contribution in [0.3, 0.4) is 0 Å². The number of halogens is 2. The molecule has 0 atom stereocenters. The number of carbonyl (C=O) groups excluding carboxylic acids is 2. The van der Waals surface area contributed by atoms with Crippen molar-refractivity contribution in [2.45, 2.75) is 6.92 Å². The van der Waals surface area contributed by atoms with Gasteiger partial charge in [0.25, 0.3) is 0 Å². The molecular weight excluding hydrogens is 601 g/mol. The van der Waals surface area contributed by atoms with Crippen molar-refractivity contribution in [2.75, 3.05) is 6.61 Å². The number of hydrogen-bond acceptors (Lipinski definition) is 6. The molecule has 4 rings (SSSR count). The van der Waals surface area contributed by atoms with Crippen molar-refractivity contribution in [3.63, 3.8) is 0 Å². The van der Waals surface area contributed by atoms with E-state index in [0.29, 0.717) is 38.4 Å². The quantitative estimate of drug-likeness (QED) is 0.146. The number of benzene rings is 3. The van der Waals surface area contributed by atoms with Crippen LogP contribution in [0, 0.1) is 3.57 Å². The molecule has 0 N–H and O–H groups in total. The van der Waals surface area contributed by atoms with Gasteiger partial charge < -0.3 is 14.2 Å². The topological polar surface area (TPSA) is 74.2 Å². The summed E-state index contributed by atoms with van der Waals surface area (Å²) >= 11 is 5.51. The highest BCUT2D eigenvalue weighted by Gasteiger charge is 2.26. The first kappa shape index (κ1) is 23.2.